The monoisotopic (exact) mass is 381 g/mol. The highest BCUT2D eigenvalue weighted by atomic mass is 16.5. The Balaban J connectivity index is 1.33. The van der Waals surface area contributed by atoms with E-state index in [1.54, 1.807) is 10.9 Å². The van der Waals surface area contributed by atoms with E-state index in [1.807, 2.05) is 37.6 Å². The first-order valence-corrected chi connectivity index (χ1v) is 9.37. The van der Waals surface area contributed by atoms with Crippen LogP contribution < -0.4 is 4.74 Å². The fraction of sp³-hybridized carbons (Fsp3) is 0.0870. The number of nitrogens with zero attached hydrogens (tertiary/aromatic N) is 4. The summed E-state index contributed by atoms with van der Waals surface area (Å²) in [4.78, 5) is 4.76. The zero-order chi connectivity index (χ0) is 19.6. The van der Waals surface area contributed by atoms with Crippen LogP contribution in [-0.2, 0) is 13.7 Å². The first-order valence-electron chi connectivity index (χ1n) is 9.37. The molecule has 0 aliphatic heterocycles. The van der Waals surface area contributed by atoms with Gasteiger partial charge in [0.15, 0.2) is 0 Å². The normalized spacial score (nSPS) is 11.1. The zero-order valence-electron chi connectivity index (χ0n) is 15.9. The van der Waals surface area contributed by atoms with Crippen LogP contribution >= 0.6 is 0 Å². The van der Waals surface area contributed by atoms with Gasteiger partial charge in [-0.25, -0.2) is 4.98 Å². The van der Waals surface area contributed by atoms with Crippen molar-refractivity contribution in [1.82, 2.24) is 25.0 Å². The molecule has 0 bridgehead atoms. The van der Waals surface area contributed by atoms with Crippen LogP contribution in [0.4, 0.5) is 0 Å². The second-order valence-electron chi connectivity index (χ2n) is 6.88. The Morgan fingerprint density at radius 2 is 1.83 bits per heavy atom. The summed E-state index contributed by atoms with van der Waals surface area (Å²) >= 11 is 0. The number of pyridine rings is 1. The van der Waals surface area contributed by atoms with Gasteiger partial charge in [0.2, 0.25) is 5.88 Å². The molecular weight excluding hydrogens is 362 g/mol. The Labute approximate surface area is 167 Å². The Hall–Kier alpha value is -3.93. The fourth-order valence-electron chi connectivity index (χ4n) is 3.32. The first-order chi connectivity index (χ1) is 14.3. The number of aromatic amines is 1. The van der Waals surface area contributed by atoms with Crippen molar-refractivity contribution >= 4 is 10.9 Å². The minimum atomic E-state index is 0.438. The number of hydrogen-bond acceptors (Lipinski definition) is 4. The third-order valence-electron chi connectivity index (χ3n) is 4.83. The van der Waals surface area contributed by atoms with Crippen molar-refractivity contribution in [1.29, 1.82) is 0 Å². The van der Waals surface area contributed by atoms with Gasteiger partial charge in [-0.05, 0) is 17.7 Å². The molecule has 0 saturated heterocycles. The molecule has 1 N–H and O–H groups in total. The number of para-hydroxylation sites is 1. The summed E-state index contributed by atoms with van der Waals surface area (Å²) in [7, 11) is 1.88. The number of rotatable bonds is 5. The summed E-state index contributed by atoms with van der Waals surface area (Å²) in [6.45, 7) is 0.438. The largest absolute Gasteiger partial charge is 0.471 e. The number of H-pyrrole nitrogens is 1. The number of aromatic nitrogens is 5. The Kier molecular flexibility index (Phi) is 4.29. The molecule has 5 rings (SSSR count). The lowest BCUT2D eigenvalue weighted by atomic mass is 10.1. The molecule has 0 atom stereocenters. The summed E-state index contributed by atoms with van der Waals surface area (Å²) in [5.74, 6) is 0.592. The minimum absolute atomic E-state index is 0.438. The maximum Gasteiger partial charge on any atom is 0.241 e. The molecule has 3 heterocycles. The van der Waals surface area contributed by atoms with Gasteiger partial charge < -0.3 is 4.74 Å². The van der Waals surface area contributed by atoms with Gasteiger partial charge in [0.05, 0.1) is 23.0 Å². The van der Waals surface area contributed by atoms with Crippen molar-refractivity contribution in [3.05, 3.63) is 84.8 Å². The number of benzene rings is 2. The van der Waals surface area contributed by atoms with Crippen molar-refractivity contribution < 1.29 is 4.74 Å². The van der Waals surface area contributed by atoms with Gasteiger partial charge in [0, 0.05) is 36.0 Å². The van der Waals surface area contributed by atoms with Crippen LogP contribution in [-0.4, -0.2) is 25.0 Å². The lowest BCUT2D eigenvalue weighted by Gasteiger charge is -2.07. The SMILES string of the molecule is Cn1cc(-c2cn[nH]c2)c(OCc2ccc(-c3ccc4ccccc4n3)cc2)n1. The number of hydrogen-bond donors (Lipinski definition) is 1. The fourth-order valence-corrected chi connectivity index (χ4v) is 3.32. The van der Waals surface area contributed by atoms with Gasteiger partial charge in [-0.2, -0.15) is 5.10 Å². The molecule has 0 spiro atoms. The molecule has 3 aromatic heterocycles. The quantitative estimate of drug-likeness (QED) is 0.483. The standard InChI is InChI=1S/C23H19N5O/c1-28-14-20(19-12-24-25-13-19)23(27-28)29-15-16-6-8-18(9-7-16)22-11-10-17-4-2-3-5-21(17)26-22/h2-14H,15H2,1H3,(H,24,25). The molecule has 0 aliphatic rings. The van der Waals surface area contributed by atoms with E-state index in [1.165, 1.54) is 0 Å². The molecule has 6 nitrogen and oxygen atoms in total. The maximum atomic E-state index is 5.98. The molecular formula is C23H19N5O. The molecule has 6 heteroatoms. The number of nitrogens with one attached hydrogen (secondary N) is 1. The highest BCUT2D eigenvalue weighted by molar-refractivity contribution is 5.81. The second kappa shape index (κ2) is 7.24. The van der Waals surface area contributed by atoms with E-state index in [0.717, 1.165) is 38.9 Å². The highest BCUT2D eigenvalue weighted by Crippen LogP contribution is 2.28. The topological polar surface area (TPSA) is 68.6 Å². The van der Waals surface area contributed by atoms with E-state index in [4.69, 9.17) is 9.72 Å². The predicted molar refractivity (Wildman–Crippen MR) is 112 cm³/mol. The summed E-state index contributed by atoms with van der Waals surface area (Å²) < 4.78 is 7.72. The molecule has 0 saturated carbocycles. The molecule has 0 radical (unpaired) electrons. The molecule has 0 amide bonds. The van der Waals surface area contributed by atoms with Crippen LogP contribution in [0.15, 0.2) is 79.3 Å². The molecule has 2 aromatic carbocycles. The van der Waals surface area contributed by atoms with E-state index in [0.29, 0.717) is 12.5 Å². The molecule has 0 unspecified atom stereocenters. The van der Waals surface area contributed by atoms with Crippen LogP contribution in [0.25, 0.3) is 33.3 Å². The van der Waals surface area contributed by atoms with Crippen LogP contribution in [0, 0.1) is 0 Å². The third kappa shape index (κ3) is 3.48. The van der Waals surface area contributed by atoms with Crippen molar-refractivity contribution in [3.63, 3.8) is 0 Å². The van der Waals surface area contributed by atoms with E-state index in [2.05, 4.69) is 57.8 Å². The molecule has 0 fully saturated rings. The lowest BCUT2D eigenvalue weighted by molar-refractivity contribution is 0.292. The molecule has 0 aliphatic carbocycles. The summed E-state index contributed by atoms with van der Waals surface area (Å²) in [6, 6.07) is 20.6. The predicted octanol–water partition coefficient (Wildman–Crippen LogP) is 4.60. The van der Waals surface area contributed by atoms with E-state index in [9.17, 15) is 0 Å². The average molecular weight is 381 g/mol. The smallest absolute Gasteiger partial charge is 0.241 e. The van der Waals surface area contributed by atoms with Gasteiger partial charge in [0.1, 0.15) is 6.61 Å². The van der Waals surface area contributed by atoms with Crippen LogP contribution in [0.1, 0.15) is 5.56 Å². The first kappa shape index (κ1) is 17.2. The van der Waals surface area contributed by atoms with Gasteiger partial charge in [-0.3, -0.25) is 9.78 Å². The summed E-state index contributed by atoms with van der Waals surface area (Å²) in [5.41, 5.74) is 5.97. The number of fused-ring (bicyclic) bond motifs is 1. The second-order valence-corrected chi connectivity index (χ2v) is 6.88. The molecule has 29 heavy (non-hydrogen) atoms. The summed E-state index contributed by atoms with van der Waals surface area (Å²) in [6.07, 6.45) is 5.51. The van der Waals surface area contributed by atoms with Gasteiger partial charge in [-0.15, -0.1) is 5.10 Å². The van der Waals surface area contributed by atoms with E-state index >= 15 is 0 Å². The number of aryl methyl sites for hydroxylation is 1. The van der Waals surface area contributed by atoms with Crippen LogP contribution in [0.2, 0.25) is 0 Å². The van der Waals surface area contributed by atoms with Crippen molar-refractivity contribution in [2.45, 2.75) is 6.61 Å². The van der Waals surface area contributed by atoms with E-state index < -0.39 is 0 Å². The minimum Gasteiger partial charge on any atom is -0.471 e. The van der Waals surface area contributed by atoms with Crippen molar-refractivity contribution in [2.75, 3.05) is 0 Å². The molecule has 5 aromatic rings. The highest BCUT2D eigenvalue weighted by Gasteiger charge is 2.12. The van der Waals surface area contributed by atoms with Crippen LogP contribution in [0.3, 0.4) is 0 Å². The average Bonchev–Trinajstić information content (AvgIpc) is 3.42. The molecule has 142 valence electrons. The van der Waals surface area contributed by atoms with E-state index in [-0.39, 0.29) is 0 Å². The van der Waals surface area contributed by atoms with Crippen molar-refractivity contribution in [3.8, 4) is 28.3 Å². The Morgan fingerprint density at radius 3 is 2.66 bits per heavy atom. The number of ether oxygens (including phenoxy) is 1. The zero-order valence-corrected chi connectivity index (χ0v) is 15.9. The Bertz CT molecular complexity index is 1260. The van der Waals surface area contributed by atoms with Gasteiger partial charge in [0.25, 0.3) is 0 Å². The van der Waals surface area contributed by atoms with Gasteiger partial charge in [-0.1, -0.05) is 48.5 Å². The van der Waals surface area contributed by atoms with Gasteiger partial charge >= 0.3 is 0 Å². The van der Waals surface area contributed by atoms with Crippen molar-refractivity contribution in [2.24, 2.45) is 7.05 Å². The third-order valence-corrected chi connectivity index (χ3v) is 4.83. The lowest BCUT2D eigenvalue weighted by Crippen LogP contribution is -1.98. The van der Waals surface area contributed by atoms with Crippen LogP contribution in [0.5, 0.6) is 5.88 Å². The summed E-state index contributed by atoms with van der Waals surface area (Å²) in [5, 5.41) is 12.4. The maximum absolute atomic E-state index is 5.98. The Morgan fingerprint density at radius 1 is 0.966 bits per heavy atom.